The van der Waals surface area contributed by atoms with Gasteiger partial charge in [0.25, 0.3) is 0 Å². The molecule has 0 amide bonds. The highest BCUT2D eigenvalue weighted by Gasteiger charge is 2.32. The zero-order chi connectivity index (χ0) is 16.6. The van der Waals surface area contributed by atoms with Gasteiger partial charge in [0.1, 0.15) is 5.82 Å². The third-order valence-electron chi connectivity index (χ3n) is 4.07. The first-order valence-electron chi connectivity index (χ1n) is 7.33. The zero-order valence-corrected chi connectivity index (χ0v) is 13.8. The maximum atomic E-state index is 13.0. The molecule has 1 aliphatic rings. The molecule has 0 N–H and O–H groups in total. The lowest BCUT2D eigenvalue weighted by molar-refractivity contribution is 0.223. The van der Waals surface area contributed by atoms with Crippen molar-refractivity contribution in [2.75, 3.05) is 13.7 Å². The third kappa shape index (κ3) is 2.84. The molecule has 3 rings (SSSR count). The van der Waals surface area contributed by atoms with Gasteiger partial charge in [-0.15, -0.1) is 0 Å². The molecule has 1 aromatic carbocycles. The Balaban J connectivity index is 1.92. The summed E-state index contributed by atoms with van der Waals surface area (Å²) in [5.41, 5.74) is 0.708. The zero-order valence-electron chi connectivity index (χ0n) is 12.9. The van der Waals surface area contributed by atoms with Gasteiger partial charge in [0.15, 0.2) is 4.90 Å². The highest BCUT2D eigenvalue weighted by atomic mass is 32.2. The van der Waals surface area contributed by atoms with Crippen LogP contribution in [0.1, 0.15) is 24.9 Å². The van der Waals surface area contributed by atoms with Gasteiger partial charge in [-0.25, -0.2) is 17.5 Å². The SMILES string of the molecule is C[C@@H](c1ccc(F)cc1)N(C)S(=O)(=O)c1cnn2c1OCCC2. The van der Waals surface area contributed by atoms with Crippen molar-refractivity contribution in [3.8, 4) is 5.88 Å². The van der Waals surface area contributed by atoms with Crippen LogP contribution in [-0.2, 0) is 16.6 Å². The van der Waals surface area contributed by atoms with E-state index in [2.05, 4.69) is 5.10 Å². The number of benzene rings is 1. The number of aryl methyl sites for hydroxylation is 1. The summed E-state index contributed by atoms with van der Waals surface area (Å²) in [7, 11) is -2.27. The molecule has 0 fully saturated rings. The molecule has 1 aromatic heterocycles. The molecule has 0 saturated heterocycles. The molecular formula is C15H18FN3O3S. The van der Waals surface area contributed by atoms with Crippen molar-refractivity contribution in [3.63, 3.8) is 0 Å². The molecule has 2 aromatic rings. The summed E-state index contributed by atoms with van der Waals surface area (Å²) in [4.78, 5) is 0.0636. The van der Waals surface area contributed by atoms with Gasteiger partial charge in [0.05, 0.1) is 12.8 Å². The van der Waals surface area contributed by atoms with Crippen molar-refractivity contribution in [2.24, 2.45) is 0 Å². The summed E-state index contributed by atoms with van der Waals surface area (Å²) in [5, 5.41) is 4.09. The van der Waals surface area contributed by atoms with E-state index in [1.807, 2.05) is 0 Å². The molecular weight excluding hydrogens is 321 g/mol. The summed E-state index contributed by atoms with van der Waals surface area (Å²) < 4.78 is 47.1. The minimum Gasteiger partial charge on any atom is -0.477 e. The Bertz CT molecular complexity index is 802. The van der Waals surface area contributed by atoms with Crippen LogP contribution in [0.25, 0.3) is 0 Å². The van der Waals surface area contributed by atoms with Crippen LogP contribution in [0.15, 0.2) is 35.4 Å². The number of rotatable bonds is 4. The molecule has 0 bridgehead atoms. The number of hydrogen-bond donors (Lipinski definition) is 0. The Morgan fingerprint density at radius 3 is 2.74 bits per heavy atom. The highest BCUT2D eigenvalue weighted by Crippen LogP contribution is 2.32. The van der Waals surface area contributed by atoms with Gasteiger partial charge in [0.2, 0.25) is 15.9 Å². The Labute approximate surface area is 134 Å². The van der Waals surface area contributed by atoms with Crippen molar-refractivity contribution in [2.45, 2.75) is 30.8 Å². The Hall–Kier alpha value is -1.93. The molecule has 1 aliphatic heterocycles. The van der Waals surface area contributed by atoms with E-state index in [9.17, 15) is 12.8 Å². The van der Waals surface area contributed by atoms with E-state index in [1.54, 1.807) is 23.7 Å². The predicted molar refractivity (Wildman–Crippen MR) is 82.1 cm³/mol. The molecule has 2 heterocycles. The van der Waals surface area contributed by atoms with Gasteiger partial charge in [-0.3, -0.25) is 0 Å². The fourth-order valence-electron chi connectivity index (χ4n) is 2.54. The second-order valence-electron chi connectivity index (χ2n) is 5.49. The summed E-state index contributed by atoms with van der Waals surface area (Å²) in [6.07, 6.45) is 2.12. The van der Waals surface area contributed by atoms with E-state index < -0.39 is 16.1 Å². The lowest BCUT2D eigenvalue weighted by atomic mass is 10.1. The molecule has 0 unspecified atom stereocenters. The maximum Gasteiger partial charge on any atom is 0.250 e. The molecule has 8 heteroatoms. The Kier molecular flexibility index (Phi) is 4.11. The maximum absolute atomic E-state index is 13.0. The summed E-state index contributed by atoms with van der Waals surface area (Å²) in [5.74, 6) is -0.0695. The molecule has 0 aliphatic carbocycles. The number of ether oxygens (including phenoxy) is 1. The Morgan fingerprint density at radius 2 is 2.04 bits per heavy atom. The van der Waals surface area contributed by atoms with Crippen LogP contribution < -0.4 is 4.74 Å². The largest absolute Gasteiger partial charge is 0.477 e. The average molecular weight is 339 g/mol. The first kappa shape index (κ1) is 15.9. The number of aromatic nitrogens is 2. The summed E-state index contributed by atoms with van der Waals surface area (Å²) in [6, 6.07) is 5.35. The van der Waals surface area contributed by atoms with Crippen LogP contribution in [0, 0.1) is 5.82 Å². The molecule has 6 nitrogen and oxygen atoms in total. The van der Waals surface area contributed by atoms with Gasteiger partial charge in [0, 0.05) is 26.1 Å². The van der Waals surface area contributed by atoms with Crippen LogP contribution in [0.3, 0.4) is 0 Å². The fraction of sp³-hybridized carbons (Fsp3) is 0.400. The second kappa shape index (κ2) is 5.93. The van der Waals surface area contributed by atoms with Crippen LogP contribution in [0.2, 0.25) is 0 Å². The van der Waals surface area contributed by atoms with Crippen LogP contribution in [-0.4, -0.2) is 36.2 Å². The van der Waals surface area contributed by atoms with Crippen LogP contribution >= 0.6 is 0 Å². The normalized spacial score (nSPS) is 16.0. The van der Waals surface area contributed by atoms with Gasteiger partial charge in [-0.1, -0.05) is 12.1 Å². The van der Waals surface area contributed by atoms with E-state index in [0.717, 1.165) is 6.42 Å². The van der Waals surface area contributed by atoms with Gasteiger partial charge in [-0.2, -0.15) is 9.40 Å². The standard InChI is InChI=1S/C15H18FN3O3S/c1-11(12-4-6-13(16)7-5-12)18(2)23(20,21)14-10-17-19-8-3-9-22-15(14)19/h4-7,10-11H,3,8-9H2,1-2H3/t11-/m0/s1. The molecule has 1 atom stereocenters. The van der Waals surface area contributed by atoms with Crippen molar-refractivity contribution in [1.29, 1.82) is 0 Å². The van der Waals surface area contributed by atoms with Crippen LogP contribution in [0.5, 0.6) is 5.88 Å². The van der Waals surface area contributed by atoms with Gasteiger partial charge in [-0.05, 0) is 24.6 Å². The molecule has 0 radical (unpaired) electrons. The quantitative estimate of drug-likeness (QED) is 0.856. The van der Waals surface area contributed by atoms with E-state index in [4.69, 9.17) is 4.74 Å². The van der Waals surface area contributed by atoms with E-state index in [-0.39, 0.29) is 16.6 Å². The molecule has 23 heavy (non-hydrogen) atoms. The number of sulfonamides is 1. The van der Waals surface area contributed by atoms with Crippen molar-refractivity contribution < 1.29 is 17.5 Å². The summed E-state index contributed by atoms with van der Waals surface area (Å²) in [6.45, 7) is 2.87. The minimum atomic E-state index is -3.76. The topological polar surface area (TPSA) is 64.4 Å². The van der Waals surface area contributed by atoms with E-state index in [0.29, 0.717) is 18.7 Å². The molecule has 0 spiro atoms. The number of hydrogen-bond acceptors (Lipinski definition) is 4. The van der Waals surface area contributed by atoms with Crippen molar-refractivity contribution in [3.05, 3.63) is 41.8 Å². The van der Waals surface area contributed by atoms with Crippen molar-refractivity contribution in [1.82, 2.24) is 14.1 Å². The fourth-order valence-corrected chi connectivity index (χ4v) is 3.95. The predicted octanol–water partition coefficient (Wildman–Crippen LogP) is 2.19. The minimum absolute atomic E-state index is 0.0636. The van der Waals surface area contributed by atoms with Crippen molar-refractivity contribution >= 4 is 10.0 Å². The van der Waals surface area contributed by atoms with E-state index in [1.165, 1.54) is 29.7 Å². The number of halogens is 1. The average Bonchev–Trinajstić information content (AvgIpc) is 2.99. The molecule has 0 saturated carbocycles. The summed E-state index contributed by atoms with van der Waals surface area (Å²) >= 11 is 0. The lowest BCUT2D eigenvalue weighted by Gasteiger charge is -2.25. The second-order valence-corrected chi connectivity index (χ2v) is 7.45. The number of nitrogens with zero attached hydrogens (tertiary/aromatic N) is 3. The van der Waals surface area contributed by atoms with Gasteiger partial charge >= 0.3 is 0 Å². The van der Waals surface area contributed by atoms with E-state index >= 15 is 0 Å². The number of fused-ring (bicyclic) bond motifs is 1. The lowest BCUT2D eigenvalue weighted by Crippen LogP contribution is -2.30. The first-order chi connectivity index (χ1) is 10.9. The third-order valence-corrected chi connectivity index (χ3v) is 5.98. The van der Waals surface area contributed by atoms with Gasteiger partial charge < -0.3 is 4.74 Å². The first-order valence-corrected chi connectivity index (χ1v) is 8.77. The smallest absolute Gasteiger partial charge is 0.250 e. The Morgan fingerprint density at radius 1 is 1.35 bits per heavy atom. The monoisotopic (exact) mass is 339 g/mol. The highest BCUT2D eigenvalue weighted by molar-refractivity contribution is 7.89. The molecule has 124 valence electrons. The van der Waals surface area contributed by atoms with Crippen LogP contribution in [0.4, 0.5) is 4.39 Å².